The van der Waals surface area contributed by atoms with Crippen LogP contribution in [0.5, 0.6) is 0 Å². The Morgan fingerprint density at radius 1 is 1.32 bits per heavy atom. The Kier molecular flexibility index (Phi) is 6.05. The monoisotopic (exact) mass is 285 g/mol. The van der Waals surface area contributed by atoms with E-state index in [1.807, 2.05) is 30.8 Å². The third-order valence-electron chi connectivity index (χ3n) is 2.68. The Morgan fingerprint density at radius 2 is 2.00 bits per heavy atom. The highest BCUT2D eigenvalue weighted by Gasteiger charge is 2.17. The number of carboxylic acids is 1. The molecule has 0 radical (unpaired) electrons. The zero-order valence-corrected chi connectivity index (χ0v) is 12.3. The van der Waals surface area contributed by atoms with Crippen molar-refractivity contribution in [2.24, 2.45) is 0 Å². The van der Waals surface area contributed by atoms with Gasteiger partial charge in [0.25, 0.3) is 0 Å². The molecule has 0 saturated heterocycles. The standard InChI is InChI=1S/C13H20ClN3O2/c1-4-7-17(9-8-16(2)3)12-10(13(18)19)5-6-11(14)15-12/h5-6H,4,7-9H2,1-3H3,(H,18,19). The van der Waals surface area contributed by atoms with E-state index >= 15 is 0 Å². The van der Waals surface area contributed by atoms with E-state index in [-0.39, 0.29) is 5.56 Å². The first-order valence-electron chi connectivity index (χ1n) is 6.25. The number of nitrogens with zero attached hydrogens (tertiary/aromatic N) is 3. The summed E-state index contributed by atoms with van der Waals surface area (Å²) in [5, 5.41) is 9.54. The third-order valence-corrected chi connectivity index (χ3v) is 2.89. The molecule has 106 valence electrons. The number of rotatable bonds is 7. The van der Waals surface area contributed by atoms with Crippen molar-refractivity contribution in [2.75, 3.05) is 38.6 Å². The van der Waals surface area contributed by atoms with Gasteiger partial charge in [-0.3, -0.25) is 0 Å². The maximum atomic E-state index is 11.3. The molecule has 5 nitrogen and oxygen atoms in total. The molecule has 1 heterocycles. The average Bonchev–Trinajstić information content (AvgIpc) is 2.33. The smallest absolute Gasteiger partial charge is 0.339 e. The molecule has 0 aliphatic heterocycles. The summed E-state index contributed by atoms with van der Waals surface area (Å²) in [4.78, 5) is 19.5. The molecule has 0 spiro atoms. The van der Waals surface area contributed by atoms with Crippen molar-refractivity contribution >= 4 is 23.4 Å². The van der Waals surface area contributed by atoms with Crippen LogP contribution in [0.1, 0.15) is 23.7 Å². The van der Waals surface area contributed by atoms with Crippen molar-refractivity contribution in [3.63, 3.8) is 0 Å². The summed E-state index contributed by atoms with van der Waals surface area (Å²) in [6.45, 7) is 4.34. The van der Waals surface area contributed by atoms with Gasteiger partial charge in [0.15, 0.2) is 0 Å². The molecule has 0 amide bonds. The molecule has 1 aromatic heterocycles. The number of anilines is 1. The van der Waals surface area contributed by atoms with Crippen molar-refractivity contribution < 1.29 is 9.90 Å². The fourth-order valence-corrected chi connectivity index (χ4v) is 1.89. The summed E-state index contributed by atoms with van der Waals surface area (Å²) in [6.07, 6.45) is 0.917. The first-order valence-corrected chi connectivity index (χ1v) is 6.63. The minimum Gasteiger partial charge on any atom is -0.478 e. The Morgan fingerprint density at radius 3 is 2.53 bits per heavy atom. The fourth-order valence-electron chi connectivity index (χ4n) is 1.75. The van der Waals surface area contributed by atoms with Crippen LogP contribution in [0.25, 0.3) is 0 Å². The molecule has 0 aromatic carbocycles. The summed E-state index contributed by atoms with van der Waals surface area (Å²) in [5.41, 5.74) is 0.191. The Hall–Kier alpha value is -1.33. The number of hydrogen-bond acceptors (Lipinski definition) is 4. The topological polar surface area (TPSA) is 56.7 Å². The van der Waals surface area contributed by atoms with Crippen molar-refractivity contribution in [2.45, 2.75) is 13.3 Å². The molecule has 0 aliphatic carbocycles. The van der Waals surface area contributed by atoms with Crippen molar-refractivity contribution in [1.29, 1.82) is 0 Å². The molecule has 0 bridgehead atoms. The van der Waals surface area contributed by atoms with Crippen LogP contribution in [0.3, 0.4) is 0 Å². The van der Waals surface area contributed by atoms with Crippen molar-refractivity contribution in [3.05, 3.63) is 22.8 Å². The lowest BCUT2D eigenvalue weighted by Crippen LogP contribution is -2.34. The second kappa shape index (κ2) is 7.31. The normalized spacial score (nSPS) is 10.8. The maximum absolute atomic E-state index is 11.3. The Balaban J connectivity index is 3.05. The SMILES string of the molecule is CCCN(CCN(C)C)c1nc(Cl)ccc1C(=O)O. The molecule has 0 unspecified atom stereocenters. The molecule has 1 N–H and O–H groups in total. The van der Waals surface area contributed by atoms with Gasteiger partial charge in [-0.05, 0) is 32.6 Å². The molecule has 0 aliphatic rings. The van der Waals surface area contributed by atoms with Crippen LogP contribution in [0.15, 0.2) is 12.1 Å². The number of carbonyl (C=O) groups is 1. The minimum atomic E-state index is -0.981. The molecule has 19 heavy (non-hydrogen) atoms. The average molecular weight is 286 g/mol. The van der Waals surface area contributed by atoms with E-state index in [2.05, 4.69) is 4.98 Å². The van der Waals surface area contributed by atoms with Crippen molar-refractivity contribution in [1.82, 2.24) is 9.88 Å². The van der Waals surface area contributed by atoms with E-state index in [0.29, 0.717) is 17.5 Å². The summed E-state index contributed by atoms with van der Waals surface area (Å²) in [7, 11) is 3.96. The van der Waals surface area contributed by atoms with Crippen LogP contribution >= 0.6 is 11.6 Å². The Bertz CT molecular complexity index is 438. The van der Waals surface area contributed by atoms with Gasteiger partial charge in [0, 0.05) is 19.6 Å². The van der Waals surface area contributed by atoms with E-state index < -0.39 is 5.97 Å². The van der Waals surface area contributed by atoms with Gasteiger partial charge in [0.05, 0.1) is 0 Å². The summed E-state index contributed by atoms with van der Waals surface area (Å²) in [6, 6.07) is 3.01. The molecule has 1 rings (SSSR count). The highest BCUT2D eigenvalue weighted by Crippen LogP contribution is 2.21. The first kappa shape index (κ1) is 15.7. The first-order chi connectivity index (χ1) is 8.95. The molecular weight excluding hydrogens is 266 g/mol. The molecular formula is C13H20ClN3O2. The lowest BCUT2D eigenvalue weighted by Gasteiger charge is -2.26. The van der Waals surface area contributed by atoms with Gasteiger partial charge in [-0.15, -0.1) is 0 Å². The quantitative estimate of drug-likeness (QED) is 0.779. The number of aromatic nitrogens is 1. The number of carboxylic acid groups (broad SMARTS) is 1. The highest BCUT2D eigenvalue weighted by molar-refractivity contribution is 6.29. The van der Waals surface area contributed by atoms with Gasteiger partial charge in [0.1, 0.15) is 16.5 Å². The van der Waals surface area contributed by atoms with Crippen LogP contribution in [-0.2, 0) is 0 Å². The van der Waals surface area contributed by atoms with E-state index in [1.165, 1.54) is 12.1 Å². The van der Waals surface area contributed by atoms with Gasteiger partial charge in [-0.2, -0.15) is 0 Å². The summed E-state index contributed by atoms with van der Waals surface area (Å²) < 4.78 is 0. The molecule has 1 aromatic rings. The summed E-state index contributed by atoms with van der Waals surface area (Å²) in [5.74, 6) is -0.533. The van der Waals surface area contributed by atoms with Crippen LogP contribution in [0.2, 0.25) is 5.15 Å². The fraction of sp³-hybridized carbons (Fsp3) is 0.538. The minimum absolute atomic E-state index is 0.191. The maximum Gasteiger partial charge on any atom is 0.339 e. The van der Waals surface area contributed by atoms with Gasteiger partial charge < -0.3 is 14.9 Å². The second-order valence-corrected chi connectivity index (χ2v) is 4.99. The molecule has 0 saturated carbocycles. The number of hydrogen-bond donors (Lipinski definition) is 1. The Labute approximate surface area is 118 Å². The van der Waals surface area contributed by atoms with Gasteiger partial charge in [-0.25, -0.2) is 9.78 Å². The molecule has 6 heteroatoms. The van der Waals surface area contributed by atoms with Crippen LogP contribution in [0, 0.1) is 0 Å². The number of pyridine rings is 1. The van der Waals surface area contributed by atoms with Gasteiger partial charge in [0.2, 0.25) is 0 Å². The number of halogens is 1. The van der Waals surface area contributed by atoms with Gasteiger partial charge >= 0.3 is 5.97 Å². The highest BCUT2D eigenvalue weighted by atomic mass is 35.5. The third kappa shape index (κ3) is 4.69. The molecule has 0 fully saturated rings. The van der Waals surface area contributed by atoms with E-state index in [1.54, 1.807) is 0 Å². The largest absolute Gasteiger partial charge is 0.478 e. The van der Waals surface area contributed by atoms with Crippen LogP contribution < -0.4 is 4.90 Å². The van der Waals surface area contributed by atoms with Crippen LogP contribution in [-0.4, -0.2) is 54.7 Å². The van der Waals surface area contributed by atoms with Crippen LogP contribution in [0.4, 0.5) is 5.82 Å². The summed E-state index contributed by atoms with van der Waals surface area (Å²) >= 11 is 5.89. The number of aromatic carboxylic acids is 1. The van der Waals surface area contributed by atoms with Gasteiger partial charge in [-0.1, -0.05) is 18.5 Å². The lowest BCUT2D eigenvalue weighted by molar-refractivity contribution is 0.0697. The van der Waals surface area contributed by atoms with E-state index in [4.69, 9.17) is 11.6 Å². The number of likely N-dealkylation sites (N-methyl/N-ethyl adjacent to an activating group) is 1. The second-order valence-electron chi connectivity index (χ2n) is 4.60. The zero-order chi connectivity index (χ0) is 14.4. The van der Waals surface area contributed by atoms with E-state index in [9.17, 15) is 9.90 Å². The molecule has 0 atom stereocenters. The predicted octanol–water partition coefficient (Wildman–Crippen LogP) is 2.21. The predicted molar refractivity (Wildman–Crippen MR) is 77.3 cm³/mol. The van der Waals surface area contributed by atoms with E-state index in [0.717, 1.165) is 19.5 Å². The van der Waals surface area contributed by atoms with Crippen molar-refractivity contribution in [3.8, 4) is 0 Å². The lowest BCUT2D eigenvalue weighted by atomic mass is 10.2. The zero-order valence-electron chi connectivity index (χ0n) is 11.6.